The second-order valence-electron chi connectivity index (χ2n) is 6.29. The van der Waals surface area contributed by atoms with Crippen LogP contribution in [-0.2, 0) is 20.6 Å². The number of amides is 1. The number of rotatable bonds is 5. The van der Waals surface area contributed by atoms with E-state index in [9.17, 15) is 13.2 Å². The van der Waals surface area contributed by atoms with E-state index >= 15 is 0 Å². The first-order valence-electron chi connectivity index (χ1n) is 8.42. The van der Waals surface area contributed by atoms with E-state index < -0.39 is 10.0 Å². The first-order chi connectivity index (χ1) is 12.0. The first-order valence-corrected chi connectivity index (χ1v) is 10.0. The minimum atomic E-state index is -3.42. The van der Waals surface area contributed by atoms with Gasteiger partial charge in [0.1, 0.15) is 0 Å². The van der Waals surface area contributed by atoms with Gasteiger partial charge in [-0.1, -0.05) is 48.5 Å². The number of carbonyl (C=O) groups is 1. The van der Waals surface area contributed by atoms with Crippen LogP contribution in [0.2, 0.25) is 0 Å². The van der Waals surface area contributed by atoms with E-state index in [1.165, 1.54) is 4.31 Å². The van der Waals surface area contributed by atoms with Gasteiger partial charge in [-0.15, -0.1) is 0 Å². The lowest BCUT2D eigenvalue weighted by molar-refractivity contribution is -0.120. The van der Waals surface area contributed by atoms with Gasteiger partial charge < -0.3 is 5.32 Å². The molecule has 1 unspecified atom stereocenters. The van der Waals surface area contributed by atoms with E-state index in [1.807, 2.05) is 48.5 Å². The molecule has 6 heteroatoms. The molecule has 1 saturated heterocycles. The summed E-state index contributed by atoms with van der Waals surface area (Å²) >= 11 is 0. The summed E-state index contributed by atoms with van der Waals surface area (Å²) in [6.07, 6.45) is 1.40. The van der Waals surface area contributed by atoms with E-state index in [4.69, 9.17) is 0 Å². The highest BCUT2D eigenvalue weighted by molar-refractivity contribution is 7.88. The molecule has 0 aliphatic carbocycles. The van der Waals surface area contributed by atoms with E-state index in [0.29, 0.717) is 19.4 Å². The van der Waals surface area contributed by atoms with E-state index in [2.05, 4.69) is 5.32 Å². The Hall–Kier alpha value is -2.18. The second-order valence-corrected chi connectivity index (χ2v) is 8.26. The SMILES string of the molecule is O=C(Nc1ccccc1)C1CCCN(S(=O)(=O)Cc2ccccc2)C1. The van der Waals surface area contributed by atoms with Gasteiger partial charge in [-0.2, -0.15) is 0 Å². The van der Waals surface area contributed by atoms with Gasteiger partial charge in [0.15, 0.2) is 0 Å². The number of piperidine rings is 1. The van der Waals surface area contributed by atoms with Gasteiger partial charge in [-0.3, -0.25) is 4.79 Å². The van der Waals surface area contributed by atoms with Crippen molar-refractivity contribution in [2.24, 2.45) is 5.92 Å². The van der Waals surface area contributed by atoms with Crippen molar-refractivity contribution in [1.29, 1.82) is 0 Å². The van der Waals surface area contributed by atoms with Gasteiger partial charge in [-0.05, 0) is 30.5 Å². The molecule has 1 heterocycles. The number of hydrogen-bond donors (Lipinski definition) is 1. The fraction of sp³-hybridized carbons (Fsp3) is 0.316. The van der Waals surface area contributed by atoms with Crippen LogP contribution in [0.4, 0.5) is 5.69 Å². The van der Waals surface area contributed by atoms with Crippen molar-refractivity contribution in [3.63, 3.8) is 0 Å². The number of carbonyl (C=O) groups excluding carboxylic acids is 1. The highest BCUT2D eigenvalue weighted by Crippen LogP contribution is 2.22. The van der Waals surface area contributed by atoms with Crippen molar-refractivity contribution in [3.05, 3.63) is 66.2 Å². The van der Waals surface area contributed by atoms with Crippen molar-refractivity contribution in [2.75, 3.05) is 18.4 Å². The molecule has 0 saturated carbocycles. The second kappa shape index (κ2) is 7.80. The molecule has 1 aliphatic rings. The number of anilines is 1. The van der Waals surface area contributed by atoms with Crippen molar-refractivity contribution in [3.8, 4) is 0 Å². The number of para-hydroxylation sites is 1. The lowest BCUT2D eigenvalue weighted by Crippen LogP contribution is -2.44. The first kappa shape index (κ1) is 17.6. The van der Waals surface area contributed by atoms with Crippen molar-refractivity contribution in [1.82, 2.24) is 4.31 Å². The lowest BCUT2D eigenvalue weighted by atomic mass is 9.99. The number of sulfonamides is 1. The third kappa shape index (κ3) is 4.67. The normalized spacial score (nSPS) is 18.6. The summed E-state index contributed by atoms with van der Waals surface area (Å²) < 4.78 is 26.8. The Labute approximate surface area is 148 Å². The molecule has 1 N–H and O–H groups in total. The molecule has 1 atom stereocenters. The molecule has 2 aromatic carbocycles. The summed E-state index contributed by atoms with van der Waals surface area (Å²) in [4.78, 5) is 12.5. The van der Waals surface area contributed by atoms with Gasteiger partial charge in [0.25, 0.3) is 0 Å². The summed E-state index contributed by atoms with van der Waals surface area (Å²) in [6, 6.07) is 18.4. The average Bonchev–Trinajstić information content (AvgIpc) is 2.63. The molecule has 0 aromatic heterocycles. The zero-order chi connectivity index (χ0) is 17.7. The Morgan fingerprint density at radius 2 is 1.68 bits per heavy atom. The van der Waals surface area contributed by atoms with E-state index in [1.54, 1.807) is 12.1 Å². The van der Waals surface area contributed by atoms with E-state index in [-0.39, 0.29) is 24.1 Å². The molecule has 0 bridgehead atoms. The maximum Gasteiger partial charge on any atom is 0.228 e. The van der Waals surface area contributed by atoms with Crippen molar-refractivity contribution < 1.29 is 13.2 Å². The third-order valence-electron chi connectivity index (χ3n) is 4.38. The fourth-order valence-corrected chi connectivity index (χ4v) is 4.66. The minimum absolute atomic E-state index is 0.0269. The molecule has 3 rings (SSSR count). The summed E-state index contributed by atoms with van der Waals surface area (Å²) in [5.41, 5.74) is 1.50. The van der Waals surface area contributed by atoms with Crippen LogP contribution in [0.15, 0.2) is 60.7 Å². The summed E-state index contributed by atoms with van der Waals surface area (Å²) in [5, 5.41) is 2.87. The lowest BCUT2D eigenvalue weighted by Gasteiger charge is -2.31. The smallest absolute Gasteiger partial charge is 0.228 e. The van der Waals surface area contributed by atoms with Crippen LogP contribution in [0.1, 0.15) is 18.4 Å². The van der Waals surface area contributed by atoms with Crippen LogP contribution in [0.25, 0.3) is 0 Å². The molecular formula is C19H22N2O3S. The molecule has 1 fully saturated rings. The zero-order valence-electron chi connectivity index (χ0n) is 14.0. The predicted molar refractivity (Wildman–Crippen MR) is 98.4 cm³/mol. The highest BCUT2D eigenvalue weighted by atomic mass is 32.2. The monoisotopic (exact) mass is 358 g/mol. The molecule has 1 aliphatic heterocycles. The predicted octanol–water partition coefficient (Wildman–Crippen LogP) is 2.87. The minimum Gasteiger partial charge on any atom is -0.326 e. The topological polar surface area (TPSA) is 66.5 Å². The Kier molecular flexibility index (Phi) is 5.50. The Morgan fingerprint density at radius 1 is 1.04 bits per heavy atom. The van der Waals surface area contributed by atoms with Gasteiger partial charge in [0, 0.05) is 18.8 Å². The zero-order valence-corrected chi connectivity index (χ0v) is 14.8. The maximum absolute atomic E-state index is 12.7. The molecule has 1 amide bonds. The van der Waals surface area contributed by atoms with Crippen LogP contribution in [0.3, 0.4) is 0 Å². The van der Waals surface area contributed by atoms with E-state index in [0.717, 1.165) is 11.3 Å². The van der Waals surface area contributed by atoms with Crippen LogP contribution in [0, 0.1) is 5.92 Å². The standard InChI is InChI=1S/C19H22N2O3S/c22-19(20-18-11-5-2-6-12-18)17-10-7-13-21(14-17)25(23,24)15-16-8-3-1-4-9-16/h1-6,8-9,11-12,17H,7,10,13-15H2,(H,20,22). The van der Waals surface area contributed by atoms with Crippen LogP contribution in [-0.4, -0.2) is 31.7 Å². The molecule has 0 spiro atoms. The van der Waals surface area contributed by atoms with Crippen LogP contribution in [0.5, 0.6) is 0 Å². The third-order valence-corrected chi connectivity index (χ3v) is 6.20. The maximum atomic E-state index is 12.7. The van der Waals surface area contributed by atoms with Crippen LogP contribution >= 0.6 is 0 Å². The molecule has 0 radical (unpaired) electrons. The molecular weight excluding hydrogens is 336 g/mol. The van der Waals surface area contributed by atoms with Gasteiger partial charge >= 0.3 is 0 Å². The largest absolute Gasteiger partial charge is 0.326 e. The molecule has 5 nitrogen and oxygen atoms in total. The van der Waals surface area contributed by atoms with Crippen molar-refractivity contribution >= 4 is 21.6 Å². The Balaban J connectivity index is 1.65. The van der Waals surface area contributed by atoms with Crippen LogP contribution < -0.4 is 5.32 Å². The average molecular weight is 358 g/mol. The summed E-state index contributed by atoms with van der Waals surface area (Å²) in [5.74, 6) is -0.466. The summed E-state index contributed by atoms with van der Waals surface area (Å²) in [7, 11) is -3.42. The van der Waals surface area contributed by atoms with Crippen molar-refractivity contribution in [2.45, 2.75) is 18.6 Å². The summed E-state index contributed by atoms with van der Waals surface area (Å²) in [6.45, 7) is 0.720. The van der Waals surface area contributed by atoms with Gasteiger partial charge in [0.2, 0.25) is 15.9 Å². The Bertz CT molecular complexity index is 807. The quantitative estimate of drug-likeness (QED) is 0.894. The molecule has 2 aromatic rings. The molecule has 132 valence electrons. The number of nitrogens with zero attached hydrogens (tertiary/aromatic N) is 1. The number of benzene rings is 2. The van der Waals surface area contributed by atoms with Gasteiger partial charge in [0.05, 0.1) is 11.7 Å². The fourth-order valence-electron chi connectivity index (χ4n) is 3.05. The highest BCUT2D eigenvalue weighted by Gasteiger charge is 2.32. The number of hydrogen-bond acceptors (Lipinski definition) is 3. The Morgan fingerprint density at radius 3 is 2.36 bits per heavy atom. The number of nitrogens with one attached hydrogen (secondary N) is 1. The molecule has 25 heavy (non-hydrogen) atoms. The van der Waals surface area contributed by atoms with Gasteiger partial charge in [-0.25, -0.2) is 12.7 Å².